The predicted octanol–water partition coefficient (Wildman–Crippen LogP) is 3.42. The third-order valence-corrected chi connectivity index (χ3v) is 6.82. The van der Waals surface area contributed by atoms with Gasteiger partial charge in [0.25, 0.3) is 5.91 Å². The van der Waals surface area contributed by atoms with Crippen molar-refractivity contribution in [2.75, 3.05) is 13.1 Å². The van der Waals surface area contributed by atoms with Crippen LogP contribution in [0.1, 0.15) is 23.2 Å². The van der Waals surface area contributed by atoms with Gasteiger partial charge in [-0.15, -0.1) is 0 Å². The number of rotatable bonds is 3. The molecule has 24 heavy (non-hydrogen) atoms. The van der Waals surface area contributed by atoms with Crippen LogP contribution in [0.25, 0.3) is 0 Å². The number of benzene rings is 2. The van der Waals surface area contributed by atoms with Gasteiger partial charge in [-0.3, -0.25) is 4.79 Å². The largest absolute Gasteiger partial charge is 0.339 e. The van der Waals surface area contributed by atoms with E-state index in [2.05, 4.69) is 0 Å². The van der Waals surface area contributed by atoms with Gasteiger partial charge in [-0.2, -0.15) is 0 Å². The van der Waals surface area contributed by atoms with Gasteiger partial charge in [0.1, 0.15) is 0 Å². The molecule has 126 valence electrons. The lowest BCUT2D eigenvalue weighted by molar-refractivity contribution is 0.0725. The molecule has 2 aromatic carbocycles. The van der Waals surface area contributed by atoms with Crippen LogP contribution in [0.3, 0.4) is 0 Å². The molecule has 0 bridgehead atoms. The lowest BCUT2D eigenvalue weighted by Crippen LogP contribution is -2.42. The highest BCUT2D eigenvalue weighted by atomic mass is 35.5. The van der Waals surface area contributed by atoms with Gasteiger partial charge in [-0.25, -0.2) is 8.42 Å². The number of piperidine rings is 1. The lowest BCUT2D eigenvalue weighted by Gasteiger charge is -2.31. The molecule has 0 saturated carbocycles. The first kappa shape index (κ1) is 17.0. The highest BCUT2D eigenvalue weighted by molar-refractivity contribution is 7.92. The van der Waals surface area contributed by atoms with Gasteiger partial charge in [0.2, 0.25) is 0 Å². The average molecular weight is 364 g/mol. The maximum Gasteiger partial charge on any atom is 0.253 e. The first-order valence-corrected chi connectivity index (χ1v) is 9.75. The summed E-state index contributed by atoms with van der Waals surface area (Å²) >= 11 is 5.93. The molecule has 0 spiro atoms. The van der Waals surface area contributed by atoms with Crippen LogP contribution >= 0.6 is 11.6 Å². The SMILES string of the molecule is O=C(c1cccc(Cl)c1)N1CCC(S(=O)(=O)c2ccccc2)CC1. The maximum absolute atomic E-state index is 12.7. The van der Waals surface area contributed by atoms with Crippen molar-refractivity contribution in [2.24, 2.45) is 0 Å². The Morgan fingerprint density at radius 2 is 1.67 bits per heavy atom. The molecule has 1 heterocycles. The summed E-state index contributed by atoms with van der Waals surface area (Å²) in [5.41, 5.74) is 0.534. The summed E-state index contributed by atoms with van der Waals surface area (Å²) in [6.45, 7) is 0.865. The number of hydrogen-bond donors (Lipinski definition) is 0. The molecule has 3 rings (SSSR count). The van der Waals surface area contributed by atoms with E-state index < -0.39 is 15.1 Å². The van der Waals surface area contributed by atoms with Gasteiger partial charge in [0.05, 0.1) is 10.1 Å². The molecule has 4 nitrogen and oxygen atoms in total. The van der Waals surface area contributed by atoms with E-state index in [0.29, 0.717) is 41.4 Å². The molecule has 0 radical (unpaired) electrons. The minimum absolute atomic E-state index is 0.104. The zero-order valence-corrected chi connectivity index (χ0v) is 14.6. The van der Waals surface area contributed by atoms with E-state index >= 15 is 0 Å². The Balaban J connectivity index is 1.69. The van der Waals surface area contributed by atoms with Crippen LogP contribution in [0.15, 0.2) is 59.5 Å². The molecule has 0 aliphatic carbocycles. The standard InChI is InChI=1S/C18H18ClNO3S/c19-15-6-4-5-14(13-15)18(21)20-11-9-17(10-12-20)24(22,23)16-7-2-1-3-8-16/h1-8,13,17H,9-12H2. The summed E-state index contributed by atoms with van der Waals surface area (Å²) in [6.07, 6.45) is 0.896. The van der Waals surface area contributed by atoms with Crippen molar-refractivity contribution in [1.29, 1.82) is 0 Å². The van der Waals surface area contributed by atoms with E-state index in [1.54, 1.807) is 59.5 Å². The van der Waals surface area contributed by atoms with Gasteiger partial charge < -0.3 is 4.90 Å². The fourth-order valence-electron chi connectivity index (χ4n) is 2.98. The Kier molecular flexibility index (Phi) is 4.92. The molecule has 1 aliphatic heterocycles. The third kappa shape index (κ3) is 3.47. The molecule has 1 aliphatic rings. The van der Waals surface area contributed by atoms with E-state index in [-0.39, 0.29) is 5.91 Å². The summed E-state index contributed by atoms with van der Waals surface area (Å²) in [5.74, 6) is -0.104. The molecule has 2 aromatic rings. The number of carbonyl (C=O) groups is 1. The molecule has 0 unspecified atom stereocenters. The molecule has 6 heteroatoms. The monoisotopic (exact) mass is 363 g/mol. The van der Waals surface area contributed by atoms with Crippen molar-refractivity contribution in [3.8, 4) is 0 Å². The Hall–Kier alpha value is -1.85. The van der Waals surface area contributed by atoms with Crippen molar-refractivity contribution < 1.29 is 13.2 Å². The van der Waals surface area contributed by atoms with Gasteiger partial charge >= 0.3 is 0 Å². The number of nitrogens with zero attached hydrogens (tertiary/aromatic N) is 1. The molecule has 1 saturated heterocycles. The third-order valence-electron chi connectivity index (χ3n) is 4.31. The molecule has 1 fully saturated rings. The molecular formula is C18H18ClNO3S. The molecular weight excluding hydrogens is 346 g/mol. The second kappa shape index (κ2) is 6.95. The van der Waals surface area contributed by atoms with Crippen molar-refractivity contribution in [3.63, 3.8) is 0 Å². The van der Waals surface area contributed by atoms with Crippen molar-refractivity contribution in [2.45, 2.75) is 23.0 Å². The van der Waals surface area contributed by atoms with Gasteiger partial charge in [0.15, 0.2) is 9.84 Å². The topological polar surface area (TPSA) is 54.5 Å². The van der Waals surface area contributed by atoms with E-state index in [0.717, 1.165) is 0 Å². The number of halogens is 1. The second-order valence-corrected chi connectivity index (χ2v) is 8.52. The smallest absolute Gasteiger partial charge is 0.253 e. The van der Waals surface area contributed by atoms with E-state index in [1.807, 2.05) is 0 Å². The van der Waals surface area contributed by atoms with Crippen LogP contribution < -0.4 is 0 Å². The van der Waals surface area contributed by atoms with Crippen LogP contribution in [0.2, 0.25) is 5.02 Å². The van der Waals surface area contributed by atoms with E-state index in [9.17, 15) is 13.2 Å². The summed E-state index contributed by atoms with van der Waals surface area (Å²) in [5, 5.41) is 0.0747. The fraction of sp³-hybridized carbons (Fsp3) is 0.278. The minimum Gasteiger partial charge on any atom is -0.339 e. The van der Waals surface area contributed by atoms with Gasteiger partial charge in [-0.1, -0.05) is 35.9 Å². The first-order chi connectivity index (χ1) is 11.5. The van der Waals surface area contributed by atoms with Crippen LogP contribution in [0.5, 0.6) is 0 Å². The number of carbonyl (C=O) groups excluding carboxylic acids is 1. The molecule has 0 N–H and O–H groups in total. The summed E-state index contributed by atoms with van der Waals surface area (Å²) in [7, 11) is -3.34. The van der Waals surface area contributed by atoms with E-state index in [1.165, 1.54) is 0 Å². The molecule has 0 atom stereocenters. The number of hydrogen-bond acceptors (Lipinski definition) is 3. The van der Waals surface area contributed by atoms with Crippen molar-refractivity contribution in [1.82, 2.24) is 4.90 Å². The summed E-state index contributed by atoms with van der Waals surface area (Å²) in [4.78, 5) is 14.5. The second-order valence-electron chi connectivity index (χ2n) is 5.86. The molecule has 0 aromatic heterocycles. The zero-order valence-electron chi connectivity index (χ0n) is 13.1. The summed E-state index contributed by atoms with van der Waals surface area (Å²) < 4.78 is 25.3. The first-order valence-electron chi connectivity index (χ1n) is 7.82. The van der Waals surface area contributed by atoms with Crippen LogP contribution in [0.4, 0.5) is 0 Å². The lowest BCUT2D eigenvalue weighted by atomic mass is 10.1. The van der Waals surface area contributed by atoms with Crippen molar-refractivity contribution >= 4 is 27.3 Å². The number of likely N-dealkylation sites (tertiary alicyclic amines) is 1. The predicted molar refractivity (Wildman–Crippen MR) is 94.0 cm³/mol. The van der Waals surface area contributed by atoms with Gasteiger partial charge in [-0.05, 0) is 43.2 Å². The molecule has 1 amide bonds. The van der Waals surface area contributed by atoms with Gasteiger partial charge in [0, 0.05) is 23.7 Å². The number of amides is 1. The summed E-state index contributed by atoms with van der Waals surface area (Å²) in [6, 6.07) is 15.3. The number of sulfone groups is 1. The Morgan fingerprint density at radius 3 is 2.29 bits per heavy atom. The highest BCUT2D eigenvalue weighted by Crippen LogP contribution is 2.25. The zero-order chi connectivity index (χ0) is 17.2. The average Bonchev–Trinajstić information content (AvgIpc) is 2.62. The van der Waals surface area contributed by atoms with Crippen LogP contribution in [-0.2, 0) is 9.84 Å². The van der Waals surface area contributed by atoms with Crippen LogP contribution in [-0.4, -0.2) is 37.6 Å². The highest BCUT2D eigenvalue weighted by Gasteiger charge is 2.32. The minimum atomic E-state index is -3.34. The maximum atomic E-state index is 12.7. The Labute approximate surface area is 147 Å². The quantitative estimate of drug-likeness (QED) is 0.839. The fourth-order valence-corrected chi connectivity index (χ4v) is 4.92. The normalized spacial score (nSPS) is 16.1. The Morgan fingerprint density at radius 1 is 1.00 bits per heavy atom. The Bertz CT molecular complexity index is 828. The van der Waals surface area contributed by atoms with E-state index in [4.69, 9.17) is 11.6 Å². The van der Waals surface area contributed by atoms with Crippen LogP contribution in [0, 0.1) is 0 Å². The van der Waals surface area contributed by atoms with Crippen molar-refractivity contribution in [3.05, 3.63) is 65.2 Å².